The number of nitrogens with zero attached hydrogens (tertiary/aromatic N) is 2. The number of hydrogen-bond acceptors (Lipinski definition) is 5. The van der Waals surface area contributed by atoms with Crippen LogP contribution in [-0.2, 0) is 0 Å². The van der Waals surface area contributed by atoms with Crippen molar-refractivity contribution in [3.05, 3.63) is 42.1 Å². The molecule has 3 rings (SSSR count). The molecule has 1 amide bonds. The highest BCUT2D eigenvalue weighted by Crippen LogP contribution is 2.34. The van der Waals surface area contributed by atoms with Crippen molar-refractivity contribution in [1.29, 1.82) is 5.41 Å². The van der Waals surface area contributed by atoms with Crippen LogP contribution in [0.1, 0.15) is 35.7 Å². The first-order valence-corrected chi connectivity index (χ1v) is 8.00. The number of para-hydroxylation sites is 1. The predicted octanol–water partition coefficient (Wildman–Crippen LogP) is 2.08. The lowest BCUT2D eigenvalue weighted by Crippen LogP contribution is -2.35. The summed E-state index contributed by atoms with van der Waals surface area (Å²) in [7, 11) is 0. The first-order chi connectivity index (χ1) is 11.6. The lowest BCUT2D eigenvalue weighted by atomic mass is 9.83. The highest BCUT2D eigenvalue weighted by Gasteiger charge is 2.34. The Balaban J connectivity index is 1.96. The van der Waals surface area contributed by atoms with Crippen LogP contribution in [-0.4, -0.2) is 33.1 Å². The Bertz CT molecular complexity index is 728. The van der Waals surface area contributed by atoms with E-state index in [-0.39, 0.29) is 17.5 Å². The zero-order valence-electron chi connectivity index (χ0n) is 13.2. The van der Waals surface area contributed by atoms with Crippen LogP contribution in [0.3, 0.4) is 0 Å². The Morgan fingerprint density at radius 3 is 2.79 bits per heavy atom. The molecule has 1 aromatic carbocycles. The average molecular weight is 327 g/mol. The molecule has 1 aliphatic rings. The fourth-order valence-electron chi connectivity index (χ4n) is 3.22. The lowest BCUT2D eigenvalue weighted by Gasteiger charge is -2.33. The van der Waals surface area contributed by atoms with Gasteiger partial charge in [-0.1, -0.05) is 24.6 Å². The second kappa shape index (κ2) is 6.84. The van der Waals surface area contributed by atoms with E-state index in [2.05, 4.69) is 10.4 Å². The third kappa shape index (κ3) is 3.16. The molecule has 1 aromatic heterocycles. The van der Waals surface area contributed by atoms with E-state index in [1.807, 2.05) is 30.3 Å². The Morgan fingerprint density at radius 2 is 2.12 bits per heavy atom. The van der Waals surface area contributed by atoms with Crippen molar-refractivity contribution in [2.24, 2.45) is 11.7 Å². The number of aromatic nitrogens is 2. The van der Waals surface area contributed by atoms with Gasteiger partial charge in [0.25, 0.3) is 5.91 Å². The number of hydrogen-bond donors (Lipinski definition) is 4. The van der Waals surface area contributed by atoms with Gasteiger partial charge in [0.15, 0.2) is 5.82 Å². The molecule has 1 aliphatic carbocycles. The second-order valence-corrected chi connectivity index (χ2v) is 6.05. The molecular formula is C17H21N5O2. The van der Waals surface area contributed by atoms with Crippen molar-refractivity contribution in [2.45, 2.75) is 31.4 Å². The minimum Gasteiger partial charge on any atom is -0.391 e. The van der Waals surface area contributed by atoms with E-state index in [4.69, 9.17) is 11.1 Å². The summed E-state index contributed by atoms with van der Waals surface area (Å²) in [6.45, 7) is 0. The summed E-state index contributed by atoms with van der Waals surface area (Å²) < 4.78 is 1.57. The second-order valence-electron chi connectivity index (χ2n) is 6.05. The van der Waals surface area contributed by atoms with Gasteiger partial charge < -0.3 is 21.6 Å². The maximum absolute atomic E-state index is 11.8. The van der Waals surface area contributed by atoms with Gasteiger partial charge in [0.1, 0.15) is 5.56 Å². The van der Waals surface area contributed by atoms with Crippen LogP contribution in [0.15, 0.2) is 36.5 Å². The van der Waals surface area contributed by atoms with E-state index in [0.717, 1.165) is 18.5 Å². The summed E-state index contributed by atoms with van der Waals surface area (Å²) in [4.78, 5) is 11.8. The summed E-state index contributed by atoms with van der Waals surface area (Å²) in [6, 6.07) is 9.00. The summed E-state index contributed by atoms with van der Waals surface area (Å²) in [6.07, 6.45) is 4.65. The summed E-state index contributed by atoms with van der Waals surface area (Å²) in [5.74, 6) is -0.342. The number of nitrogens with one attached hydrogen (secondary N) is 2. The maximum Gasteiger partial charge on any atom is 0.254 e. The largest absolute Gasteiger partial charge is 0.391 e. The minimum atomic E-state index is -0.601. The Morgan fingerprint density at radius 1 is 1.38 bits per heavy atom. The zero-order valence-corrected chi connectivity index (χ0v) is 13.2. The van der Waals surface area contributed by atoms with Gasteiger partial charge >= 0.3 is 0 Å². The molecule has 0 saturated heterocycles. The van der Waals surface area contributed by atoms with E-state index in [1.165, 1.54) is 6.21 Å². The van der Waals surface area contributed by atoms with Crippen molar-refractivity contribution >= 4 is 23.6 Å². The third-order valence-electron chi connectivity index (χ3n) is 4.42. The van der Waals surface area contributed by atoms with E-state index in [1.54, 1.807) is 10.9 Å². The van der Waals surface area contributed by atoms with Crippen LogP contribution in [0.25, 0.3) is 0 Å². The van der Waals surface area contributed by atoms with Gasteiger partial charge in [-0.2, -0.15) is 5.10 Å². The van der Waals surface area contributed by atoms with E-state index in [9.17, 15) is 9.90 Å². The van der Waals surface area contributed by atoms with E-state index in [0.29, 0.717) is 12.2 Å². The minimum absolute atomic E-state index is 0.112. The highest BCUT2D eigenvalue weighted by molar-refractivity contribution is 5.98. The van der Waals surface area contributed by atoms with Crippen LogP contribution < -0.4 is 11.1 Å². The van der Waals surface area contributed by atoms with Gasteiger partial charge in [-0.15, -0.1) is 0 Å². The number of amides is 1. The normalized spacial score (nSPS) is 23.6. The SMILES string of the molecule is N=C[C@@H]1CCC[C@@H](O)[C@@H]1n1cc(C(N)=O)c(Nc2ccccc2)n1. The number of nitrogens with two attached hydrogens (primary N) is 1. The van der Waals surface area contributed by atoms with Crippen LogP contribution in [0.5, 0.6) is 0 Å². The van der Waals surface area contributed by atoms with Gasteiger partial charge in [0.05, 0.1) is 12.1 Å². The van der Waals surface area contributed by atoms with Crippen LogP contribution in [0.2, 0.25) is 0 Å². The molecule has 24 heavy (non-hydrogen) atoms. The summed E-state index contributed by atoms with van der Waals surface area (Å²) in [5, 5.41) is 25.5. The van der Waals surface area contributed by atoms with Crippen molar-refractivity contribution in [2.75, 3.05) is 5.32 Å². The number of carbonyl (C=O) groups is 1. The van der Waals surface area contributed by atoms with E-state index < -0.39 is 12.0 Å². The Kier molecular flexibility index (Phi) is 4.61. The number of primary amides is 1. The monoisotopic (exact) mass is 327 g/mol. The topological polar surface area (TPSA) is 117 Å². The quantitative estimate of drug-likeness (QED) is 0.629. The molecule has 2 aromatic rings. The molecule has 0 aliphatic heterocycles. The third-order valence-corrected chi connectivity index (χ3v) is 4.42. The highest BCUT2D eigenvalue weighted by atomic mass is 16.3. The molecular weight excluding hydrogens is 306 g/mol. The van der Waals surface area contributed by atoms with Crippen molar-refractivity contribution in [3.63, 3.8) is 0 Å². The Labute approximate surface area is 140 Å². The smallest absolute Gasteiger partial charge is 0.254 e. The average Bonchev–Trinajstić information content (AvgIpc) is 2.99. The predicted molar refractivity (Wildman–Crippen MR) is 91.6 cm³/mol. The van der Waals surface area contributed by atoms with Crippen molar-refractivity contribution < 1.29 is 9.90 Å². The molecule has 1 heterocycles. The fourth-order valence-corrected chi connectivity index (χ4v) is 3.22. The molecule has 126 valence electrons. The molecule has 0 radical (unpaired) electrons. The number of aliphatic hydroxyl groups excluding tert-OH is 1. The summed E-state index contributed by atoms with van der Waals surface area (Å²) >= 11 is 0. The first-order valence-electron chi connectivity index (χ1n) is 8.00. The summed E-state index contributed by atoms with van der Waals surface area (Å²) in [5.41, 5.74) is 6.53. The van der Waals surface area contributed by atoms with Gasteiger partial charge in [-0.3, -0.25) is 9.48 Å². The number of rotatable bonds is 5. The Hall–Kier alpha value is -2.67. The van der Waals surface area contributed by atoms with E-state index >= 15 is 0 Å². The number of benzene rings is 1. The van der Waals surface area contributed by atoms with Gasteiger partial charge in [0.2, 0.25) is 0 Å². The zero-order chi connectivity index (χ0) is 17.1. The first kappa shape index (κ1) is 16.2. The molecule has 1 saturated carbocycles. The molecule has 0 unspecified atom stereocenters. The molecule has 7 heteroatoms. The van der Waals surface area contributed by atoms with Crippen molar-refractivity contribution in [1.82, 2.24) is 9.78 Å². The van der Waals surface area contributed by atoms with Gasteiger partial charge in [0, 0.05) is 24.0 Å². The van der Waals surface area contributed by atoms with Crippen LogP contribution in [0, 0.1) is 11.3 Å². The van der Waals surface area contributed by atoms with Gasteiger partial charge in [-0.25, -0.2) is 0 Å². The maximum atomic E-state index is 11.8. The number of anilines is 2. The number of carbonyl (C=O) groups excluding carboxylic acids is 1. The molecule has 3 atom stereocenters. The standard InChI is InChI=1S/C17H21N5O2/c18-9-11-5-4-8-14(23)15(11)22-10-13(16(19)24)17(21-22)20-12-6-2-1-3-7-12/h1-3,6-7,9-11,14-15,18,23H,4-5,8H2,(H2,19,24)(H,20,21)/t11-,14+,15+/m0/s1. The molecule has 7 nitrogen and oxygen atoms in total. The number of aliphatic hydroxyl groups is 1. The van der Waals surface area contributed by atoms with Crippen LogP contribution >= 0.6 is 0 Å². The fraction of sp³-hybridized carbons (Fsp3) is 0.353. The lowest BCUT2D eigenvalue weighted by molar-refractivity contribution is 0.0535. The molecule has 0 bridgehead atoms. The van der Waals surface area contributed by atoms with Gasteiger partial charge in [-0.05, 0) is 25.0 Å². The molecule has 1 fully saturated rings. The molecule has 0 spiro atoms. The van der Waals surface area contributed by atoms with Crippen molar-refractivity contribution in [3.8, 4) is 0 Å². The molecule has 5 N–H and O–H groups in total. The van der Waals surface area contributed by atoms with Crippen LogP contribution in [0.4, 0.5) is 11.5 Å².